The molecule has 92 valence electrons. The first-order chi connectivity index (χ1) is 8.26. The Morgan fingerprint density at radius 1 is 1.35 bits per heavy atom. The molecule has 0 amide bonds. The number of alkyl halides is 1. The molecule has 0 bridgehead atoms. The highest BCUT2D eigenvalue weighted by Gasteiger charge is 2.15. The summed E-state index contributed by atoms with van der Waals surface area (Å²) in [5.41, 5.74) is 0.645. The minimum atomic E-state index is -0.739. The third-order valence-corrected chi connectivity index (χ3v) is 2.72. The van der Waals surface area contributed by atoms with Crippen molar-refractivity contribution in [3.63, 3.8) is 0 Å². The van der Waals surface area contributed by atoms with Crippen molar-refractivity contribution >= 4 is 22.6 Å². The van der Waals surface area contributed by atoms with Crippen LogP contribution in [0.1, 0.15) is 5.76 Å². The molecule has 0 saturated heterocycles. The third kappa shape index (κ3) is 2.54. The minimum Gasteiger partial charge on any atom is -0.486 e. The Hall–Kier alpha value is -1.23. The predicted molar refractivity (Wildman–Crippen MR) is 64.4 cm³/mol. The zero-order valence-corrected chi connectivity index (χ0v) is 9.85. The molecule has 1 aromatic heterocycles. The lowest BCUT2D eigenvalue weighted by atomic mass is 10.2. The lowest BCUT2D eigenvalue weighted by molar-refractivity contribution is 0.122. The third-order valence-electron chi connectivity index (χ3n) is 2.36. The Labute approximate surface area is 103 Å². The number of hydrogen-bond donors (Lipinski definition) is 2. The number of rotatable bonds is 5. The van der Waals surface area contributed by atoms with Crippen LogP contribution in [-0.4, -0.2) is 28.8 Å². The van der Waals surface area contributed by atoms with E-state index in [4.69, 9.17) is 20.8 Å². The molecule has 0 aliphatic carbocycles. The lowest BCUT2D eigenvalue weighted by Gasteiger charge is -2.09. The van der Waals surface area contributed by atoms with E-state index in [9.17, 15) is 10.2 Å². The summed E-state index contributed by atoms with van der Waals surface area (Å²) in [6.45, 7) is -0.180. The second-order valence-electron chi connectivity index (χ2n) is 3.63. The van der Waals surface area contributed by atoms with E-state index in [2.05, 4.69) is 0 Å². The van der Waals surface area contributed by atoms with Gasteiger partial charge >= 0.3 is 0 Å². The SMILES string of the molecule is OCc1oc2ccccc2c1OCC(O)CCl. The van der Waals surface area contributed by atoms with Crippen molar-refractivity contribution in [3.05, 3.63) is 30.0 Å². The molecule has 2 rings (SSSR count). The number of furan rings is 1. The monoisotopic (exact) mass is 256 g/mol. The van der Waals surface area contributed by atoms with Gasteiger partial charge in [0.05, 0.1) is 11.3 Å². The van der Waals surface area contributed by atoms with E-state index in [0.717, 1.165) is 5.39 Å². The van der Waals surface area contributed by atoms with Crippen LogP contribution in [0.25, 0.3) is 11.0 Å². The van der Waals surface area contributed by atoms with Crippen molar-refractivity contribution < 1.29 is 19.4 Å². The van der Waals surface area contributed by atoms with Crippen LogP contribution in [-0.2, 0) is 6.61 Å². The maximum atomic E-state index is 9.34. The van der Waals surface area contributed by atoms with Gasteiger partial charge in [0, 0.05) is 0 Å². The predicted octanol–water partition coefficient (Wildman–Crippen LogP) is 1.90. The molecule has 5 heteroatoms. The van der Waals surface area contributed by atoms with Crippen LogP contribution in [0.15, 0.2) is 28.7 Å². The zero-order valence-electron chi connectivity index (χ0n) is 9.10. The van der Waals surface area contributed by atoms with Gasteiger partial charge < -0.3 is 19.4 Å². The Morgan fingerprint density at radius 3 is 2.82 bits per heavy atom. The van der Waals surface area contributed by atoms with Gasteiger partial charge in [-0.15, -0.1) is 11.6 Å². The molecule has 1 aromatic carbocycles. The number of ether oxygens (including phenoxy) is 1. The maximum absolute atomic E-state index is 9.34. The molecule has 17 heavy (non-hydrogen) atoms. The summed E-state index contributed by atoms with van der Waals surface area (Å²) in [6.07, 6.45) is -0.739. The lowest BCUT2D eigenvalue weighted by Crippen LogP contribution is -2.19. The number of aliphatic hydroxyl groups is 2. The molecule has 1 heterocycles. The largest absolute Gasteiger partial charge is 0.486 e. The normalized spacial score (nSPS) is 12.9. The van der Waals surface area contributed by atoms with Crippen molar-refractivity contribution in [1.29, 1.82) is 0 Å². The molecule has 0 aliphatic rings. The molecule has 0 aliphatic heterocycles. The average Bonchev–Trinajstić information content (AvgIpc) is 2.73. The van der Waals surface area contributed by atoms with E-state index in [1.165, 1.54) is 0 Å². The van der Waals surface area contributed by atoms with Gasteiger partial charge in [-0.05, 0) is 12.1 Å². The van der Waals surface area contributed by atoms with Crippen molar-refractivity contribution in [2.24, 2.45) is 0 Å². The average molecular weight is 257 g/mol. The molecule has 4 nitrogen and oxygen atoms in total. The fraction of sp³-hybridized carbons (Fsp3) is 0.333. The van der Waals surface area contributed by atoms with Crippen molar-refractivity contribution in [3.8, 4) is 5.75 Å². The molecule has 2 aromatic rings. The van der Waals surface area contributed by atoms with Gasteiger partial charge in [-0.3, -0.25) is 0 Å². The Balaban J connectivity index is 2.30. The van der Waals surface area contributed by atoms with Crippen molar-refractivity contribution in [1.82, 2.24) is 0 Å². The molecule has 1 atom stereocenters. The number of benzene rings is 1. The van der Waals surface area contributed by atoms with Gasteiger partial charge in [-0.1, -0.05) is 12.1 Å². The highest BCUT2D eigenvalue weighted by Crippen LogP contribution is 2.33. The molecule has 1 unspecified atom stereocenters. The van der Waals surface area contributed by atoms with Crippen LogP contribution in [0.5, 0.6) is 5.75 Å². The van der Waals surface area contributed by atoms with Crippen LogP contribution >= 0.6 is 11.6 Å². The Morgan fingerprint density at radius 2 is 2.12 bits per heavy atom. The molecule has 0 saturated carbocycles. The summed E-state index contributed by atoms with van der Waals surface area (Å²) in [7, 11) is 0. The Kier molecular flexibility index (Phi) is 3.89. The number of fused-ring (bicyclic) bond motifs is 1. The number of para-hydroxylation sites is 1. The van der Waals surface area contributed by atoms with E-state index in [-0.39, 0.29) is 19.1 Å². The molecule has 0 spiro atoms. The molecule has 2 N–H and O–H groups in total. The summed E-state index contributed by atoms with van der Waals surface area (Å²) < 4.78 is 10.9. The highest BCUT2D eigenvalue weighted by molar-refractivity contribution is 6.18. The molecule has 0 fully saturated rings. The van der Waals surface area contributed by atoms with Crippen LogP contribution < -0.4 is 4.74 Å². The van der Waals surface area contributed by atoms with E-state index in [1.54, 1.807) is 6.07 Å². The van der Waals surface area contributed by atoms with Crippen LogP contribution in [0, 0.1) is 0 Å². The van der Waals surface area contributed by atoms with Gasteiger partial charge in [0.25, 0.3) is 0 Å². The highest BCUT2D eigenvalue weighted by atomic mass is 35.5. The van der Waals surface area contributed by atoms with Crippen LogP contribution in [0.2, 0.25) is 0 Å². The molecule has 0 radical (unpaired) electrons. The van der Waals surface area contributed by atoms with Gasteiger partial charge in [-0.25, -0.2) is 0 Å². The quantitative estimate of drug-likeness (QED) is 0.802. The molecular formula is C12H13ClO4. The topological polar surface area (TPSA) is 62.8 Å². The standard InChI is InChI=1S/C12H13ClO4/c13-5-8(15)7-16-12-9-3-1-2-4-10(9)17-11(12)6-14/h1-4,8,14-15H,5-7H2. The van der Waals surface area contributed by atoms with Crippen molar-refractivity contribution in [2.45, 2.75) is 12.7 Å². The number of halogens is 1. The summed E-state index contributed by atoms with van der Waals surface area (Å²) in [6, 6.07) is 7.31. The number of aliphatic hydroxyl groups excluding tert-OH is 2. The maximum Gasteiger partial charge on any atom is 0.172 e. The van der Waals surface area contributed by atoms with E-state index < -0.39 is 6.10 Å². The fourth-order valence-electron chi connectivity index (χ4n) is 1.56. The van der Waals surface area contributed by atoms with E-state index >= 15 is 0 Å². The first-order valence-electron chi connectivity index (χ1n) is 5.24. The minimum absolute atomic E-state index is 0.0695. The van der Waals surface area contributed by atoms with Gasteiger partial charge in [-0.2, -0.15) is 0 Å². The summed E-state index contributed by atoms with van der Waals surface area (Å²) in [4.78, 5) is 0. The Bertz CT molecular complexity index is 494. The van der Waals surface area contributed by atoms with Gasteiger partial charge in [0.2, 0.25) is 0 Å². The van der Waals surface area contributed by atoms with Crippen molar-refractivity contribution in [2.75, 3.05) is 12.5 Å². The molecular weight excluding hydrogens is 244 g/mol. The summed E-state index contributed by atoms with van der Waals surface area (Å²) >= 11 is 5.48. The van der Waals surface area contributed by atoms with E-state index in [1.807, 2.05) is 18.2 Å². The number of hydrogen-bond acceptors (Lipinski definition) is 4. The fourth-order valence-corrected chi connectivity index (χ4v) is 1.65. The zero-order chi connectivity index (χ0) is 12.3. The van der Waals surface area contributed by atoms with Gasteiger partial charge in [0.1, 0.15) is 24.9 Å². The first kappa shape index (κ1) is 12.2. The van der Waals surface area contributed by atoms with Crippen LogP contribution in [0.3, 0.4) is 0 Å². The summed E-state index contributed by atoms with van der Waals surface area (Å²) in [5, 5.41) is 19.3. The second-order valence-corrected chi connectivity index (χ2v) is 3.94. The second kappa shape index (κ2) is 5.40. The van der Waals surface area contributed by atoms with Crippen LogP contribution in [0.4, 0.5) is 0 Å². The van der Waals surface area contributed by atoms with Gasteiger partial charge in [0.15, 0.2) is 11.5 Å². The summed E-state index contributed by atoms with van der Waals surface area (Å²) in [5.74, 6) is 0.921. The van der Waals surface area contributed by atoms with E-state index in [0.29, 0.717) is 17.1 Å². The smallest absolute Gasteiger partial charge is 0.172 e. The first-order valence-corrected chi connectivity index (χ1v) is 5.77.